The number of phenols is 1. The third-order valence-electron chi connectivity index (χ3n) is 4.87. The van der Waals surface area contributed by atoms with Crippen LogP contribution in [0.3, 0.4) is 0 Å². The summed E-state index contributed by atoms with van der Waals surface area (Å²) < 4.78 is 2.12. The van der Waals surface area contributed by atoms with Crippen LogP contribution in [0.4, 0.5) is 0 Å². The van der Waals surface area contributed by atoms with Gasteiger partial charge in [0.2, 0.25) is 0 Å². The lowest BCUT2D eigenvalue weighted by atomic mass is 10.1. The fourth-order valence-electron chi connectivity index (χ4n) is 3.32. The van der Waals surface area contributed by atoms with Crippen molar-refractivity contribution in [2.45, 2.75) is 26.9 Å². The number of rotatable bonds is 5. The molecule has 0 radical (unpaired) electrons. The predicted octanol–water partition coefficient (Wildman–Crippen LogP) is 5.29. The van der Waals surface area contributed by atoms with Crippen molar-refractivity contribution in [3.8, 4) is 5.75 Å². The van der Waals surface area contributed by atoms with Gasteiger partial charge < -0.3 is 15.0 Å². The summed E-state index contributed by atoms with van der Waals surface area (Å²) in [5.41, 5.74) is 5.23. The second-order valence-electron chi connectivity index (χ2n) is 7.00. The largest absolute Gasteiger partial charge is 0.508 e. The van der Waals surface area contributed by atoms with E-state index in [0.717, 1.165) is 36.0 Å². The van der Waals surface area contributed by atoms with Gasteiger partial charge in [0.15, 0.2) is 6.29 Å². The minimum Gasteiger partial charge on any atom is -0.508 e. The van der Waals surface area contributed by atoms with Crippen LogP contribution in [0.5, 0.6) is 5.75 Å². The number of phenolic OH excluding ortho intramolecular Hbond substituents is 1. The molecule has 0 saturated carbocycles. The van der Waals surface area contributed by atoms with Gasteiger partial charge in [0, 0.05) is 33.6 Å². The first-order chi connectivity index (χ1) is 14.0. The summed E-state index contributed by atoms with van der Waals surface area (Å²) >= 11 is 1.70. The summed E-state index contributed by atoms with van der Waals surface area (Å²) in [6.07, 6.45) is 0.863. The third kappa shape index (κ3) is 4.94. The third-order valence-corrected chi connectivity index (χ3v) is 5.73. The summed E-state index contributed by atoms with van der Waals surface area (Å²) in [5.74, 6) is 0.184. The summed E-state index contributed by atoms with van der Waals surface area (Å²) in [7, 11) is 1.96. The van der Waals surface area contributed by atoms with Crippen molar-refractivity contribution in [1.29, 1.82) is 0 Å². The van der Waals surface area contributed by atoms with Crippen molar-refractivity contribution in [3.05, 3.63) is 87.2 Å². The van der Waals surface area contributed by atoms with Gasteiger partial charge in [-0.3, -0.25) is 4.79 Å². The number of aryl methyl sites for hydroxylation is 1. The zero-order valence-corrected chi connectivity index (χ0v) is 17.8. The molecule has 0 unspecified atom stereocenters. The molecule has 150 valence electrons. The number of benzene rings is 2. The van der Waals surface area contributed by atoms with E-state index in [-0.39, 0.29) is 5.75 Å². The molecule has 29 heavy (non-hydrogen) atoms. The van der Waals surface area contributed by atoms with Gasteiger partial charge in [0.1, 0.15) is 5.75 Å². The molecular weight excluding hydrogens is 380 g/mol. The molecule has 5 heteroatoms. The summed E-state index contributed by atoms with van der Waals surface area (Å²) in [4.78, 5) is 12.5. The summed E-state index contributed by atoms with van der Waals surface area (Å²) in [6, 6.07) is 17.8. The maximum Gasteiger partial charge on any atom is 0.152 e. The highest BCUT2D eigenvalue weighted by molar-refractivity contribution is 7.09. The zero-order chi connectivity index (χ0) is 20.8. The Balaban J connectivity index is 0.000000204. The van der Waals surface area contributed by atoms with Crippen LogP contribution in [0, 0.1) is 13.8 Å². The molecule has 0 aliphatic heterocycles. The number of nitrogens with zero attached hydrogens (tertiary/aromatic N) is 1. The molecular formula is C24H26N2O2S. The van der Waals surface area contributed by atoms with Gasteiger partial charge in [-0.1, -0.05) is 35.9 Å². The normalized spacial score (nSPS) is 10.6. The number of aromatic hydroxyl groups is 1. The highest BCUT2D eigenvalue weighted by atomic mass is 32.1. The zero-order valence-electron chi connectivity index (χ0n) is 17.0. The van der Waals surface area contributed by atoms with E-state index in [1.54, 1.807) is 23.5 Å². The molecule has 0 aliphatic rings. The van der Waals surface area contributed by atoms with Gasteiger partial charge in [-0.25, -0.2) is 0 Å². The van der Waals surface area contributed by atoms with Crippen LogP contribution in [0.2, 0.25) is 0 Å². The number of carbonyl (C=O) groups excluding carboxylic acids is 1. The monoisotopic (exact) mass is 406 g/mol. The van der Waals surface area contributed by atoms with Crippen molar-refractivity contribution in [2.75, 3.05) is 7.05 Å². The summed E-state index contributed by atoms with van der Waals surface area (Å²) in [6.45, 7) is 5.75. The Labute approximate surface area is 175 Å². The molecule has 0 fully saturated rings. The summed E-state index contributed by atoms with van der Waals surface area (Å²) in [5, 5.41) is 15.5. The highest BCUT2D eigenvalue weighted by Crippen LogP contribution is 2.29. The van der Waals surface area contributed by atoms with Crippen molar-refractivity contribution >= 4 is 28.5 Å². The number of fused-ring (bicyclic) bond motifs is 1. The second-order valence-corrected chi connectivity index (χ2v) is 8.03. The van der Waals surface area contributed by atoms with E-state index in [4.69, 9.17) is 0 Å². The number of hydrogen-bond acceptors (Lipinski definition) is 4. The fraction of sp³-hybridized carbons (Fsp3) is 0.208. The molecule has 2 heterocycles. The minimum atomic E-state index is 0.184. The van der Waals surface area contributed by atoms with Crippen LogP contribution in [-0.4, -0.2) is 23.0 Å². The Morgan fingerprint density at radius 1 is 1.10 bits per heavy atom. The van der Waals surface area contributed by atoms with E-state index in [9.17, 15) is 9.90 Å². The van der Waals surface area contributed by atoms with E-state index in [0.29, 0.717) is 5.56 Å². The highest BCUT2D eigenvalue weighted by Gasteiger charge is 2.14. The fourth-order valence-corrected chi connectivity index (χ4v) is 4.01. The van der Waals surface area contributed by atoms with E-state index in [2.05, 4.69) is 47.1 Å². The van der Waals surface area contributed by atoms with E-state index < -0.39 is 0 Å². The first-order valence-electron chi connectivity index (χ1n) is 9.53. The maximum atomic E-state index is 11.3. The number of aromatic nitrogens is 1. The molecule has 0 atom stereocenters. The Kier molecular flexibility index (Phi) is 6.86. The topological polar surface area (TPSA) is 54.3 Å². The smallest absolute Gasteiger partial charge is 0.152 e. The van der Waals surface area contributed by atoms with Crippen LogP contribution >= 0.6 is 11.3 Å². The molecule has 2 aromatic carbocycles. The van der Waals surface area contributed by atoms with Crippen LogP contribution in [0.1, 0.15) is 32.1 Å². The number of hydrogen-bond donors (Lipinski definition) is 2. The first kappa shape index (κ1) is 20.8. The lowest BCUT2D eigenvalue weighted by Crippen LogP contribution is -2.04. The number of nitrogens with one attached hydrogen (secondary N) is 1. The van der Waals surface area contributed by atoms with Crippen molar-refractivity contribution in [1.82, 2.24) is 9.88 Å². The lowest BCUT2D eigenvalue weighted by molar-refractivity contribution is 0.112. The Morgan fingerprint density at radius 2 is 1.86 bits per heavy atom. The van der Waals surface area contributed by atoms with Crippen molar-refractivity contribution in [3.63, 3.8) is 0 Å². The molecule has 0 bridgehead atoms. The standard InChI is InChI=1S/C15H13NO2S.C9H13N/c1-10-14(9-17)13-7-11(18)4-5-15(13)16(10)8-12-3-2-6-19-12;1-8-3-5-9(6-4-8)7-10-2/h2-7,9,18H,8H2,1H3;3-6,10H,7H2,1-2H3. The van der Waals surface area contributed by atoms with E-state index in [1.165, 1.54) is 16.0 Å². The van der Waals surface area contributed by atoms with Gasteiger partial charge in [0.05, 0.1) is 6.54 Å². The lowest BCUT2D eigenvalue weighted by Gasteiger charge is -2.06. The molecule has 4 rings (SSSR count). The Bertz CT molecular complexity index is 1080. The number of carbonyl (C=O) groups is 1. The Hall–Kier alpha value is -2.89. The SMILES string of the molecule is CNCc1ccc(C)cc1.Cc1c(C=O)c2cc(O)ccc2n1Cc1cccs1. The predicted molar refractivity (Wildman–Crippen MR) is 121 cm³/mol. The average molecular weight is 407 g/mol. The van der Waals surface area contributed by atoms with Gasteiger partial charge in [-0.05, 0) is 56.1 Å². The maximum absolute atomic E-state index is 11.3. The number of aldehydes is 1. The molecule has 0 amide bonds. The van der Waals surface area contributed by atoms with Gasteiger partial charge in [-0.2, -0.15) is 0 Å². The second kappa shape index (κ2) is 9.54. The van der Waals surface area contributed by atoms with Crippen LogP contribution in [0.25, 0.3) is 10.9 Å². The first-order valence-corrected chi connectivity index (χ1v) is 10.4. The van der Waals surface area contributed by atoms with Crippen LogP contribution in [0.15, 0.2) is 60.0 Å². The van der Waals surface area contributed by atoms with Crippen molar-refractivity contribution in [2.24, 2.45) is 0 Å². The Morgan fingerprint density at radius 3 is 2.48 bits per heavy atom. The number of thiophene rings is 1. The quantitative estimate of drug-likeness (QED) is 0.443. The molecule has 4 aromatic rings. The van der Waals surface area contributed by atoms with E-state index >= 15 is 0 Å². The minimum absolute atomic E-state index is 0.184. The van der Waals surface area contributed by atoms with Crippen molar-refractivity contribution < 1.29 is 9.90 Å². The van der Waals surface area contributed by atoms with E-state index in [1.807, 2.05) is 31.5 Å². The average Bonchev–Trinajstić information content (AvgIpc) is 3.31. The molecule has 2 aromatic heterocycles. The van der Waals surface area contributed by atoms with Crippen LogP contribution < -0.4 is 5.32 Å². The van der Waals surface area contributed by atoms with Gasteiger partial charge in [-0.15, -0.1) is 11.3 Å². The van der Waals surface area contributed by atoms with Crippen LogP contribution in [-0.2, 0) is 13.1 Å². The molecule has 4 nitrogen and oxygen atoms in total. The molecule has 2 N–H and O–H groups in total. The molecule has 0 saturated heterocycles. The molecule has 0 spiro atoms. The van der Waals surface area contributed by atoms with Gasteiger partial charge in [0.25, 0.3) is 0 Å². The molecule has 0 aliphatic carbocycles. The van der Waals surface area contributed by atoms with Gasteiger partial charge >= 0.3 is 0 Å².